The van der Waals surface area contributed by atoms with E-state index >= 15 is 0 Å². The second-order valence-electron chi connectivity index (χ2n) is 4.56. The van der Waals surface area contributed by atoms with E-state index in [1.165, 1.54) is 18.2 Å². The van der Waals surface area contributed by atoms with Crippen molar-refractivity contribution < 1.29 is 26.3 Å². The van der Waals surface area contributed by atoms with Gasteiger partial charge in [-0.3, -0.25) is 4.72 Å². The zero-order valence-corrected chi connectivity index (χ0v) is 13.3. The molecule has 0 aliphatic heterocycles. The van der Waals surface area contributed by atoms with Gasteiger partial charge in [-0.15, -0.1) is 13.2 Å². The minimum absolute atomic E-state index is 0.166. The fraction of sp³-hybridized carbons (Fsp3) is 0.143. The number of ether oxygens (including phenoxy) is 1. The lowest BCUT2D eigenvalue weighted by molar-refractivity contribution is -0.275. The number of nitrogens with one attached hydrogen (secondary N) is 1. The van der Waals surface area contributed by atoms with E-state index in [-0.39, 0.29) is 10.7 Å². The minimum Gasteiger partial charge on any atom is -0.404 e. The van der Waals surface area contributed by atoms with Gasteiger partial charge in [-0.1, -0.05) is 29.8 Å². The minimum atomic E-state index is -5.00. The van der Waals surface area contributed by atoms with E-state index in [2.05, 4.69) is 9.46 Å². The van der Waals surface area contributed by atoms with E-state index < -0.39 is 27.0 Å². The van der Waals surface area contributed by atoms with Crippen molar-refractivity contribution in [3.05, 3.63) is 53.1 Å². The summed E-state index contributed by atoms with van der Waals surface area (Å²) in [6.07, 6.45) is -5.00. The highest BCUT2D eigenvalue weighted by Crippen LogP contribution is 2.31. The number of benzene rings is 2. The summed E-state index contributed by atoms with van der Waals surface area (Å²) in [5.41, 5.74) is 0.728. The van der Waals surface area contributed by atoms with Crippen molar-refractivity contribution in [1.82, 2.24) is 0 Å². The summed E-state index contributed by atoms with van der Waals surface area (Å²) in [4.78, 5) is -0.628. The third-order valence-corrected chi connectivity index (χ3v) is 4.45. The third kappa shape index (κ3) is 4.52. The molecule has 0 saturated heterocycles. The van der Waals surface area contributed by atoms with Gasteiger partial charge in [0.1, 0.15) is 10.6 Å². The molecule has 0 amide bonds. The molecule has 23 heavy (non-hydrogen) atoms. The molecule has 2 aromatic rings. The van der Waals surface area contributed by atoms with Crippen LogP contribution in [0.5, 0.6) is 5.75 Å². The highest BCUT2D eigenvalue weighted by Gasteiger charge is 2.34. The van der Waals surface area contributed by atoms with Crippen LogP contribution >= 0.6 is 11.6 Å². The summed E-state index contributed by atoms with van der Waals surface area (Å²) in [6, 6.07) is 8.99. The molecule has 9 heteroatoms. The normalized spacial score (nSPS) is 12.0. The molecule has 0 unspecified atom stereocenters. The number of hydrogen-bond acceptors (Lipinski definition) is 3. The van der Waals surface area contributed by atoms with Gasteiger partial charge in [-0.25, -0.2) is 8.42 Å². The molecule has 0 spiro atoms. The molecule has 0 aromatic heterocycles. The van der Waals surface area contributed by atoms with Gasteiger partial charge in [0.05, 0.1) is 5.69 Å². The number of anilines is 1. The Hall–Kier alpha value is -1.93. The summed E-state index contributed by atoms with van der Waals surface area (Å²) in [6.45, 7) is 1.63. The van der Waals surface area contributed by atoms with E-state index in [0.29, 0.717) is 5.56 Å². The quantitative estimate of drug-likeness (QED) is 0.876. The zero-order valence-electron chi connectivity index (χ0n) is 11.7. The summed E-state index contributed by atoms with van der Waals surface area (Å²) >= 11 is 5.80. The second kappa shape index (κ2) is 6.29. The van der Waals surface area contributed by atoms with E-state index in [4.69, 9.17) is 11.6 Å². The molecule has 0 heterocycles. The molecule has 2 aromatic carbocycles. The Balaban J connectivity index is 2.42. The third-order valence-electron chi connectivity index (χ3n) is 2.81. The van der Waals surface area contributed by atoms with Crippen molar-refractivity contribution in [2.24, 2.45) is 0 Å². The smallest absolute Gasteiger partial charge is 0.404 e. The number of alkyl halides is 3. The van der Waals surface area contributed by atoms with Crippen LogP contribution < -0.4 is 9.46 Å². The molecule has 0 aliphatic rings. The number of aryl methyl sites for hydroxylation is 1. The van der Waals surface area contributed by atoms with Crippen molar-refractivity contribution in [3.8, 4) is 5.75 Å². The van der Waals surface area contributed by atoms with Crippen LogP contribution in [0.4, 0.5) is 18.9 Å². The van der Waals surface area contributed by atoms with Gasteiger partial charge in [0.25, 0.3) is 10.0 Å². The Labute approximate surface area is 135 Å². The fourth-order valence-electron chi connectivity index (χ4n) is 1.79. The molecule has 0 saturated carbocycles. The van der Waals surface area contributed by atoms with Gasteiger partial charge in [0.15, 0.2) is 0 Å². The van der Waals surface area contributed by atoms with Gasteiger partial charge in [0, 0.05) is 5.02 Å². The maximum Gasteiger partial charge on any atom is 0.573 e. The predicted octanol–water partition coefficient (Wildman–Crippen LogP) is 4.35. The number of sulfonamides is 1. The lowest BCUT2D eigenvalue weighted by Gasteiger charge is -2.15. The zero-order chi connectivity index (χ0) is 17.3. The van der Waals surface area contributed by atoms with E-state index in [1.807, 2.05) is 0 Å². The van der Waals surface area contributed by atoms with Gasteiger partial charge >= 0.3 is 6.36 Å². The first-order chi connectivity index (χ1) is 10.6. The van der Waals surface area contributed by atoms with Crippen molar-refractivity contribution in [3.63, 3.8) is 0 Å². The van der Waals surface area contributed by atoms with Crippen LogP contribution in [0.2, 0.25) is 5.02 Å². The van der Waals surface area contributed by atoms with Gasteiger partial charge in [-0.05, 0) is 36.8 Å². The molecule has 0 atom stereocenters. The standard InChI is InChI=1S/C14H11ClF3NO3S/c1-9-6-7-10(15)8-11(9)19-23(20,21)13-5-3-2-4-12(13)22-14(16,17)18/h2-8,19H,1H3. The summed E-state index contributed by atoms with van der Waals surface area (Å²) < 4.78 is 67.9. The van der Waals surface area contributed by atoms with Crippen molar-refractivity contribution in [2.75, 3.05) is 4.72 Å². The van der Waals surface area contributed by atoms with Gasteiger partial charge in [0.2, 0.25) is 0 Å². The number of hydrogen-bond donors (Lipinski definition) is 1. The molecule has 0 fully saturated rings. The Morgan fingerprint density at radius 2 is 1.78 bits per heavy atom. The molecule has 1 N–H and O–H groups in total. The Bertz CT molecular complexity index is 822. The molecular formula is C14H11ClF3NO3S. The Morgan fingerprint density at radius 1 is 1.13 bits per heavy atom. The summed E-state index contributed by atoms with van der Waals surface area (Å²) in [5.74, 6) is -0.813. The first-order valence-corrected chi connectivity index (χ1v) is 8.08. The maximum atomic E-state index is 12.4. The first kappa shape index (κ1) is 17.4. The van der Waals surface area contributed by atoms with Crippen LogP contribution in [0.3, 0.4) is 0 Å². The van der Waals surface area contributed by atoms with Gasteiger partial charge in [-0.2, -0.15) is 0 Å². The average Bonchev–Trinajstić information content (AvgIpc) is 2.41. The maximum absolute atomic E-state index is 12.4. The van der Waals surface area contributed by atoms with E-state index in [1.54, 1.807) is 19.1 Å². The van der Waals surface area contributed by atoms with Crippen LogP contribution in [-0.4, -0.2) is 14.8 Å². The molecule has 4 nitrogen and oxygen atoms in total. The highest BCUT2D eigenvalue weighted by molar-refractivity contribution is 7.92. The number of halogens is 4. The van der Waals surface area contributed by atoms with E-state index in [0.717, 1.165) is 12.1 Å². The molecule has 0 aliphatic carbocycles. The topological polar surface area (TPSA) is 55.4 Å². The predicted molar refractivity (Wildman–Crippen MR) is 80.1 cm³/mol. The number of rotatable bonds is 4. The molecule has 0 radical (unpaired) electrons. The van der Waals surface area contributed by atoms with Gasteiger partial charge < -0.3 is 4.74 Å². The van der Waals surface area contributed by atoms with Crippen LogP contribution in [0.1, 0.15) is 5.56 Å². The largest absolute Gasteiger partial charge is 0.573 e. The van der Waals surface area contributed by atoms with Crippen LogP contribution in [-0.2, 0) is 10.0 Å². The monoisotopic (exact) mass is 365 g/mol. The SMILES string of the molecule is Cc1ccc(Cl)cc1NS(=O)(=O)c1ccccc1OC(F)(F)F. The van der Waals surface area contributed by atoms with Crippen LogP contribution in [0.25, 0.3) is 0 Å². The Kier molecular flexibility index (Phi) is 4.76. The first-order valence-electron chi connectivity index (χ1n) is 6.22. The van der Waals surface area contributed by atoms with Crippen molar-refractivity contribution in [2.45, 2.75) is 18.2 Å². The highest BCUT2D eigenvalue weighted by atomic mass is 35.5. The molecule has 2 rings (SSSR count). The lowest BCUT2D eigenvalue weighted by atomic mass is 10.2. The second-order valence-corrected chi connectivity index (χ2v) is 6.65. The molecular weight excluding hydrogens is 355 g/mol. The lowest BCUT2D eigenvalue weighted by Crippen LogP contribution is -2.21. The fourth-order valence-corrected chi connectivity index (χ4v) is 3.21. The Morgan fingerprint density at radius 3 is 2.43 bits per heavy atom. The average molecular weight is 366 g/mol. The summed E-state index contributed by atoms with van der Waals surface area (Å²) in [5, 5.41) is 0.285. The van der Waals surface area contributed by atoms with Crippen molar-refractivity contribution >= 4 is 27.3 Å². The van der Waals surface area contributed by atoms with Crippen LogP contribution in [0.15, 0.2) is 47.4 Å². The van der Waals surface area contributed by atoms with Crippen LogP contribution in [0, 0.1) is 6.92 Å². The van der Waals surface area contributed by atoms with Crippen molar-refractivity contribution in [1.29, 1.82) is 0 Å². The molecule has 0 bridgehead atoms. The van der Waals surface area contributed by atoms with E-state index in [9.17, 15) is 21.6 Å². The molecule has 124 valence electrons. The summed E-state index contributed by atoms with van der Waals surface area (Å²) in [7, 11) is -4.29. The number of para-hydroxylation sites is 1.